The fraction of sp³-hybridized carbons (Fsp3) is 0.294. The molecule has 2 N–H and O–H groups in total. The summed E-state index contributed by atoms with van der Waals surface area (Å²) in [6.45, 7) is 3.82. The molecule has 1 aromatic heterocycles. The summed E-state index contributed by atoms with van der Waals surface area (Å²) in [7, 11) is 1.53. The van der Waals surface area contributed by atoms with E-state index in [0.717, 1.165) is 17.7 Å². The summed E-state index contributed by atoms with van der Waals surface area (Å²) >= 11 is 12.2. The Kier molecular flexibility index (Phi) is 9.97. The number of rotatable bonds is 8. The fourth-order valence-electron chi connectivity index (χ4n) is 5.50. The Morgan fingerprint density at radius 1 is 1.00 bits per heavy atom. The van der Waals surface area contributed by atoms with Crippen LogP contribution in [0.1, 0.15) is 63.4 Å². The van der Waals surface area contributed by atoms with Crippen LogP contribution in [-0.4, -0.2) is 45.4 Å². The molecule has 0 spiro atoms. The van der Waals surface area contributed by atoms with E-state index in [9.17, 15) is 27.6 Å². The van der Waals surface area contributed by atoms with Crippen LogP contribution in [0.4, 0.5) is 19.1 Å². The van der Waals surface area contributed by atoms with Gasteiger partial charge in [-0.2, -0.15) is 13.2 Å². The van der Waals surface area contributed by atoms with Crippen LogP contribution in [0.25, 0.3) is 5.69 Å². The lowest BCUT2D eigenvalue weighted by Gasteiger charge is -2.35. The SMILES string of the molecule is CNC(=O)c1ccc(-n2c(N[C@@H](C)CCc3ccc(C(F)(F)F)cc3)nc3c(c2=O)C[C@@H](C)N(C(=O)c2ccc(Cl)c(Cl)c2)C3)cc1. The number of aryl methyl sites for hydroxylation is 1. The maximum absolute atomic E-state index is 14.1. The highest BCUT2D eigenvalue weighted by Gasteiger charge is 2.33. The van der Waals surface area contributed by atoms with Crippen molar-refractivity contribution in [2.75, 3.05) is 12.4 Å². The van der Waals surface area contributed by atoms with E-state index in [0.29, 0.717) is 45.9 Å². The van der Waals surface area contributed by atoms with Crippen molar-refractivity contribution in [3.05, 3.63) is 121 Å². The van der Waals surface area contributed by atoms with Crippen LogP contribution in [0.15, 0.2) is 71.5 Å². The van der Waals surface area contributed by atoms with Gasteiger partial charge in [-0.3, -0.25) is 14.4 Å². The predicted octanol–water partition coefficient (Wildman–Crippen LogP) is 6.94. The highest BCUT2D eigenvalue weighted by molar-refractivity contribution is 6.42. The smallest absolute Gasteiger partial charge is 0.355 e. The zero-order chi connectivity index (χ0) is 34.0. The molecule has 0 bridgehead atoms. The van der Waals surface area contributed by atoms with Gasteiger partial charge in [-0.15, -0.1) is 0 Å². The van der Waals surface area contributed by atoms with Crippen molar-refractivity contribution in [1.82, 2.24) is 19.8 Å². The van der Waals surface area contributed by atoms with Crippen molar-refractivity contribution in [2.45, 2.75) is 57.9 Å². The van der Waals surface area contributed by atoms with Crippen molar-refractivity contribution in [3.8, 4) is 5.69 Å². The van der Waals surface area contributed by atoms with Gasteiger partial charge in [0.05, 0.1) is 33.5 Å². The zero-order valence-corrected chi connectivity index (χ0v) is 27.3. The number of aromatic nitrogens is 2. The van der Waals surface area contributed by atoms with Gasteiger partial charge in [-0.1, -0.05) is 35.3 Å². The predicted molar refractivity (Wildman–Crippen MR) is 176 cm³/mol. The number of nitrogens with one attached hydrogen (secondary N) is 2. The molecule has 0 saturated heterocycles. The summed E-state index contributed by atoms with van der Waals surface area (Å²) < 4.78 is 40.4. The number of benzene rings is 3. The van der Waals surface area contributed by atoms with E-state index in [1.807, 2.05) is 13.8 Å². The lowest BCUT2D eigenvalue weighted by atomic mass is 9.98. The van der Waals surface area contributed by atoms with Gasteiger partial charge >= 0.3 is 6.18 Å². The second kappa shape index (κ2) is 13.8. The number of nitrogens with zero attached hydrogens (tertiary/aromatic N) is 3. The summed E-state index contributed by atoms with van der Waals surface area (Å²) in [5.41, 5.74) is 1.88. The zero-order valence-electron chi connectivity index (χ0n) is 25.8. The van der Waals surface area contributed by atoms with Crippen LogP contribution in [0.2, 0.25) is 10.0 Å². The molecular weight excluding hydrogens is 654 g/mol. The minimum atomic E-state index is -4.41. The second-order valence-corrected chi connectivity index (χ2v) is 12.3. The standard InChI is InChI=1S/C34H32Cl2F3N5O3/c1-19(4-5-21-6-11-24(12-7-21)34(37,38)39)41-33-42-29-18-43(31(46)23-10-15-27(35)28(36)17-23)20(2)16-26(29)32(47)44(33)25-13-8-22(9-14-25)30(45)40-3/h6-15,17,19-20H,4-5,16,18H2,1-3H3,(H,40,45)(H,41,42)/t19-,20+/m0/s1. The lowest BCUT2D eigenvalue weighted by molar-refractivity contribution is -0.137. The Bertz CT molecular complexity index is 1860. The molecule has 0 saturated carbocycles. The maximum atomic E-state index is 14.1. The fourth-order valence-corrected chi connectivity index (χ4v) is 5.80. The molecule has 8 nitrogen and oxygen atoms in total. The summed E-state index contributed by atoms with van der Waals surface area (Å²) in [6.07, 6.45) is -3.15. The third-order valence-corrected chi connectivity index (χ3v) is 8.92. The first-order valence-corrected chi connectivity index (χ1v) is 15.7. The van der Waals surface area contributed by atoms with Gasteiger partial charge in [-0.05, 0) is 93.3 Å². The number of alkyl halides is 3. The number of fused-ring (bicyclic) bond motifs is 1. The normalized spacial score (nSPS) is 15.1. The molecule has 2 heterocycles. The first-order chi connectivity index (χ1) is 22.3. The van der Waals surface area contributed by atoms with Gasteiger partial charge in [0.2, 0.25) is 5.95 Å². The number of carbonyl (C=O) groups excluding carboxylic acids is 2. The van der Waals surface area contributed by atoms with E-state index in [2.05, 4.69) is 10.6 Å². The van der Waals surface area contributed by atoms with Gasteiger partial charge in [0.25, 0.3) is 17.4 Å². The quantitative estimate of drug-likeness (QED) is 0.210. The van der Waals surface area contributed by atoms with Crippen molar-refractivity contribution < 1.29 is 22.8 Å². The molecular formula is C34H32Cl2F3N5O3. The molecule has 246 valence electrons. The molecule has 47 heavy (non-hydrogen) atoms. The number of amides is 2. The maximum Gasteiger partial charge on any atom is 0.416 e. The Balaban J connectivity index is 1.47. The summed E-state index contributed by atoms with van der Waals surface area (Å²) in [6, 6.07) is 15.6. The van der Waals surface area contributed by atoms with E-state index >= 15 is 0 Å². The second-order valence-electron chi connectivity index (χ2n) is 11.5. The Labute approximate surface area is 279 Å². The van der Waals surface area contributed by atoms with Gasteiger partial charge in [0, 0.05) is 35.8 Å². The van der Waals surface area contributed by atoms with Crippen LogP contribution < -0.4 is 16.2 Å². The molecule has 13 heteroatoms. The van der Waals surface area contributed by atoms with Crippen LogP contribution in [0, 0.1) is 0 Å². The average Bonchev–Trinajstić information content (AvgIpc) is 3.04. The van der Waals surface area contributed by atoms with E-state index in [-0.39, 0.29) is 53.4 Å². The van der Waals surface area contributed by atoms with Crippen LogP contribution in [-0.2, 0) is 25.6 Å². The molecule has 4 aromatic rings. The van der Waals surface area contributed by atoms with Crippen molar-refractivity contribution in [2.24, 2.45) is 0 Å². The molecule has 0 fully saturated rings. The Morgan fingerprint density at radius 3 is 2.28 bits per heavy atom. The van der Waals surface area contributed by atoms with Crippen LogP contribution in [0.5, 0.6) is 0 Å². The molecule has 3 aromatic carbocycles. The number of halogens is 5. The molecule has 1 aliphatic heterocycles. The van der Waals surface area contributed by atoms with Crippen molar-refractivity contribution >= 4 is 41.0 Å². The van der Waals surface area contributed by atoms with Crippen LogP contribution >= 0.6 is 23.2 Å². The number of carbonyl (C=O) groups is 2. The molecule has 1 aliphatic rings. The third kappa shape index (κ3) is 7.47. The summed E-state index contributed by atoms with van der Waals surface area (Å²) in [5, 5.41) is 6.46. The van der Waals surface area contributed by atoms with Crippen molar-refractivity contribution in [3.63, 3.8) is 0 Å². The average molecular weight is 687 g/mol. The number of anilines is 1. The molecule has 0 unspecified atom stereocenters. The van der Waals surface area contributed by atoms with E-state index < -0.39 is 11.7 Å². The van der Waals surface area contributed by atoms with Gasteiger partial charge < -0.3 is 15.5 Å². The van der Waals surface area contributed by atoms with Crippen LogP contribution in [0.3, 0.4) is 0 Å². The van der Waals surface area contributed by atoms with Crippen molar-refractivity contribution in [1.29, 1.82) is 0 Å². The highest BCUT2D eigenvalue weighted by Crippen LogP contribution is 2.30. The van der Waals surface area contributed by atoms with Gasteiger partial charge in [0.15, 0.2) is 0 Å². The van der Waals surface area contributed by atoms with Gasteiger partial charge in [0.1, 0.15) is 0 Å². The first-order valence-electron chi connectivity index (χ1n) is 14.9. The first kappa shape index (κ1) is 34.0. The topological polar surface area (TPSA) is 96.3 Å². The summed E-state index contributed by atoms with van der Waals surface area (Å²) in [4.78, 5) is 46.3. The highest BCUT2D eigenvalue weighted by atomic mass is 35.5. The molecule has 0 radical (unpaired) electrons. The van der Waals surface area contributed by atoms with E-state index in [1.54, 1.807) is 41.3 Å². The molecule has 0 aliphatic carbocycles. The minimum Gasteiger partial charge on any atom is -0.355 e. The monoisotopic (exact) mass is 685 g/mol. The Morgan fingerprint density at radius 2 is 1.66 bits per heavy atom. The minimum absolute atomic E-state index is 0.0792. The number of hydrogen-bond donors (Lipinski definition) is 2. The van der Waals surface area contributed by atoms with Gasteiger partial charge in [-0.25, -0.2) is 9.55 Å². The largest absolute Gasteiger partial charge is 0.416 e. The summed E-state index contributed by atoms with van der Waals surface area (Å²) in [5.74, 6) is -0.321. The molecule has 2 amide bonds. The van der Waals surface area contributed by atoms with E-state index in [1.165, 1.54) is 29.8 Å². The lowest BCUT2D eigenvalue weighted by Crippen LogP contribution is -2.46. The Hall–Kier alpha value is -4.35. The van der Waals surface area contributed by atoms with E-state index in [4.69, 9.17) is 28.2 Å². The third-order valence-electron chi connectivity index (χ3n) is 8.18. The molecule has 2 atom stereocenters. The number of hydrogen-bond acceptors (Lipinski definition) is 5. The molecule has 5 rings (SSSR count).